The predicted octanol–water partition coefficient (Wildman–Crippen LogP) is 5.14. The van der Waals surface area contributed by atoms with Gasteiger partial charge in [0, 0.05) is 21.8 Å². The molecule has 0 radical (unpaired) electrons. The number of rotatable bonds is 5. The second-order valence-electron chi connectivity index (χ2n) is 5.23. The third kappa shape index (κ3) is 3.62. The molecule has 0 amide bonds. The number of aromatic hydroxyl groups is 1. The molecule has 2 aromatic carbocycles. The van der Waals surface area contributed by atoms with Gasteiger partial charge in [0.05, 0.1) is 12.7 Å². The molecule has 1 aromatic heterocycles. The zero-order valence-electron chi connectivity index (χ0n) is 13.2. The highest BCUT2D eigenvalue weighted by molar-refractivity contribution is 9.10. The molecule has 0 atom stereocenters. The van der Waals surface area contributed by atoms with E-state index in [-0.39, 0.29) is 17.3 Å². The molecule has 0 aliphatic heterocycles. The van der Waals surface area contributed by atoms with Gasteiger partial charge in [0.2, 0.25) is 5.88 Å². The molecule has 1 heterocycles. The highest BCUT2D eigenvalue weighted by Gasteiger charge is 2.14. The number of fused-ring (bicyclic) bond motifs is 1. The summed E-state index contributed by atoms with van der Waals surface area (Å²) < 4.78 is 19.9. The number of ether oxygens (including phenoxy) is 1. The second-order valence-corrected chi connectivity index (χ2v) is 7.05. The molecule has 0 saturated carbocycles. The van der Waals surface area contributed by atoms with Crippen molar-refractivity contribution in [2.75, 3.05) is 7.11 Å². The molecule has 0 fully saturated rings. The van der Waals surface area contributed by atoms with E-state index < -0.39 is 0 Å². The van der Waals surface area contributed by atoms with E-state index in [1.165, 1.54) is 23.9 Å². The van der Waals surface area contributed by atoms with Gasteiger partial charge < -0.3 is 15.3 Å². The molecule has 0 aliphatic carbocycles. The molecule has 0 bridgehead atoms. The van der Waals surface area contributed by atoms with E-state index in [0.29, 0.717) is 21.6 Å². The Balaban J connectivity index is 2.02. The third-order valence-electron chi connectivity index (χ3n) is 3.71. The molecule has 0 unspecified atom stereocenters. The van der Waals surface area contributed by atoms with Gasteiger partial charge in [-0.15, -0.1) is 11.8 Å². The largest absolute Gasteiger partial charge is 0.497 e. The molecule has 0 aliphatic rings. The van der Waals surface area contributed by atoms with Crippen LogP contribution in [0, 0.1) is 11.2 Å². The Labute approximate surface area is 156 Å². The molecular formula is C18H14BrFN2O2S. The number of nitrogens with zero attached hydrogens (tertiary/aromatic N) is 1. The third-order valence-corrected chi connectivity index (χ3v) is 5.53. The molecular weight excluding hydrogens is 407 g/mol. The van der Waals surface area contributed by atoms with Crippen molar-refractivity contribution in [3.63, 3.8) is 0 Å². The van der Waals surface area contributed by atoms with E-state index in [1.54, 1.807) is 13.2 Å². The van der Waals surface area contributed by atoms with Crippen LogP contribution >= 0.6 is 27.7 Å². The van der Waals surface area contributed by atoms with Crippen LogP contribution in [-0.2, 0) is 5.75 Å². The normalized spacial score (nSPS) is 10.8. The summed E-state index contributed by atoms with van der Waals surface area (Å²) in [5.74, 6) is 0.672. The number of halogens is 2. The van der Waals surface area contributed by atoms with Gasteiger partial charge in [-0.05, 0) is 41.3 Å². The molecule has 0 saturated heterocycles. The molecule has 128 valence electrons. The van der Waals surface area contributed by atoms with Gasteiger partial charge in [0.1, 0.15) is 16.6 Å². The fraction of sp³-hybridized carbons (Fsp3) is 0.111. The Morgan fingerprint density at radius 1 is 1.28 bits per heavy atom. The Bertz CT molecular complexity index is 965. The molecule has 3 aromatic rings. The van der Waals surface area contributed by atoms with E-state index in [1.807, 2.05) is 18.2 Å². The van der Waals surface area contributed by atoms with Crippen LogP contribution in [0.25, 0.3) is 10.8 Å². The number of aromatic nitrogens is 1. The minimum atomic E-state index is -0.389. The molecule has 25 heavy (non-hydrogen) atoms. The SMILES string of the molecule is COc1ccc(Br)c(CSc2nc(O)c(C=N)c3ccc(F)cc23)c1. The van der Waals surface area contributed by atoms with E-state index in [4.69, 9.17) is 10.1 Å². The summed E-state index contributed by atoms with van der Waals surface area (Å²) in [6, 6.07) is 9.89. The van der Waals surface area contributed by atoms with Gasteiger partial charge in [-0.25, -0.2) is 9.37 Å². The van der Waals surface area contributed by atoms with Crippen molar-refractivity contribution in [3.05, 3.63) is 57.8 Å². The lowest BCUT2D eigenvalue weighted by molar-refractivity contribution is 0.414. The van der Waals surface area contributed by atoms with Crippen LogP contribution in [0.4, 0.5) is 4.39 Å². The van der Waals surface area contributed by atoms with Crippen LogP contribution in [0.3, 0.4) is 0 Å². The van der Waals surface area contributed by atoms with Crippen LogP contribution in [0.5, 0.6) is 11.6 Å². The minimum Gasteiger partial charge on any atom is -0.497 e. The van der Waals surface area contributed by atoms with Crippen molar-refractivity contribution < 1.29 is 14.2 Å². The monoisotopic (exact) mass is 420 g/mol. The van der Waals surface area contributed by atoms with Gasteiger partial charge in [-0.2, -0.15) is 0 Å². The van der Waals surface area contributed by atoms with Gasteiger partial charge in [0.15, 0.2) is 0 Å². The number of benzene rings is 2. The lowest BCUT2D eigenvalue weighted by Crippen LogP contribution is -1.94. The molecule has 0 spiro atoms. The van der Waals surface area contributed by atoms with Crippen molar-refractivity contribution in [2.24, 2.45) is 0 Å². The van der Waals surface area contributed by atoms with Crippen LogP contribution in [0.15, 0.2) is 45.9 Å². The fourth-order valence-corrected chi connectivity index (χ4v) is 4.03. The standard InChI is InChI=1S/C18H14BrFN2O2S/c1-24-12-3-5-16(19)10(6-12)9-25-18-14-7-11(20)2-4-13(14)15(8-21)17(23)22-18/h2-8,21H,9H2,1H3,(H,22,23). The number of methoxy groups -OCH3 is 1. The highest BCUT2D eigenvalue weighted by Crippen LogP contribution is 2.35. The number of hydrogen-bond donors (Lipinski definition) is 2. The Morgan fingerprint density at radius 2 is 2.08 bits per heavy atom. The zero-order valence-corrected chi connectivity index (χ0v) is 15.6. The van der Waals surface area contributed by atoms with E-state index in [2.05, 4.69) is 20.9 Å². The summed E-state index contributed by atoms with van der Waals surface area (Å²) in [5, 5.41) is 19.2. The first-order valence-electron chi connectivity index (χ1n) is 7.31. The number of pyridine rings is 1. The first kappa shape index (κ1) is 17.7. The fourth-order valence-electron chi connectivity index (χ4n) is 2.45. The van der Waals surface area contributed by atoms with Gasteiger partial charge in [-0.1, -0.05) is 22.0 Å². The summed E-state index contributed by atoms with van der Waals surface area (Å²) in [5.41, 5.74) is 1.27. The maximum Gasteiger partial charge on any atom is 0.221 e. The van der Waals surface area contributed by atoms with Crippen molar-refractivity contribution in [1.82, 2.24) is 4.98 Å². The number of nitrogens with one attached hydrogen (secondary N) is 1. The number of thioether (sulfide) groups is 1. The van der Waals surface area contributed by atoms with Crippen LogP contribution in [0.1, 0.15) is 11.1 Å². The second kappa shape index (κ2) is 7.41. The summed E-state index contributed by atoms with van der Waals surface area (Å²) in [4.78, 5) is 4.15. The van der Waals surface area contributed by atoms with Gasteiger partial charge in [-0.3, -0.25) is 0 Å². The molecule has 2 N–H and O–H groups in total. The maximum absolute atomic E-state index is 13.7. The Morgan fingerprint density at radius 3 is 2.80 bits per heavy atom. The Hall–Kier alpha value is -2.12. The summed E-state index contributed by atoms with van der Waals surface area (Å²) >= 11 is 4.88. The zero-order chi connectivity index (χ0) is 18.0. The van der Waals surface area contributed by atoms with E-state index in [0.717, 1.165) is 22.0 Å². The van der Waals surface area contributed by atoms with Gasteiger partial charge >= 0.3 is 0 Å². The van der Waals surface area contributed by atoms with Crippen molar-refractivity contribution >= 4 is 44.7 Å². The van der Waals surface area contributed by atoms with Crippen LogP contribution in [0.2, 0.25) is 0 Å². The lowest BCUT2D eigenvalue weighted by atomic mass is 10.1. The molecule has 3 rings (SSSR count). The van der Waals surface area contributed by atoms with Crippen molar-refractivity contribution in [1.29, 1.82) is 5.41 Å². The van der Waals surface area contributed by atoms with Crippen LogP contribution in [-0.4, -0.2) is 23.4 Å². The molecule has 4 nitrogen and oxygen atoms in total. The average Bonchev–Trinajstić information content (AvgIpc) is 2.61. The topological polar surface area (TPSA) is 66.2 Å². The highest BCUT2D eigenvalue weighted by atomic mass is 79.9. The lowest BCUT2D eigenvalue weighted by Gasteiger charge is -2.11. The quantitative estimate of drug-likeness (QED) is 0.442. The first-order valence-corrected chi connectivity index (χ1v) is 9.09. The molecule has 7 heteroatoms. The van der Waals surface area contributed by atoms with E-state index >= 15 is 0 Å². The van der Waals surface area contributed by atoms with E-state index in [9.17, 15) is 9.50 Å². The summed E-state index contributed by atoms with van der Waals surface area (Å²) in [6.45, 7) is 0. The van der Waals surface area contributed by atoms with Crippen LogP contribution < -0.4 is 4.74 Å². The first-order chi connectivity index (χ1) is 12.0. The van der Waals surface area contributed by atoms with Crippen molar-refractivity contribution in [2.45, 2.75) is 10.8 Å². The predicted molar refractivity (Wildman–Crippen MR) is 102 cm³/mol. The smallest absolute Gasteiger partial charge is 0.221 e. The van der Waals surface area contributed by atoms with Gasteiger partial charge in [0.25, 0.3) is 0 Å². The Kier molecular flexibility index (Phi) is 5.24. The summed E-state index contributed by atoms with van der Waals surface area (Å²) in [6.07, 6.45) is 1.02. The number of hydrogen-bond acceptors (Lipinski definition) is 5. The minimum absolute atomic E-state index is 0.235. The summed E-state index contributed by atoms with van der Waals surface area (Å²) in [7, 11) is 1.60. The maximum atomic E-state index is 13.7. The average molecular weight is 421 g/mol. The van der Waals surface area contributed by atoms with Crippen molar-refractivity contribution in [3.8, 4) is 11.6 Å².